The molecule has 7 heteroatoms. The summed E-state index contributed by atoms with van der Waals surface area (Å²) in [6.45, 7) is 1.86. The number of hydrogen-bond donors (Lipinski definition) is 2. The Kier molecular flexibility index (Phi) is 6.45. The average Bonchev–Trinajstić information content (AvgIpc) is 2.43. The van der Waals surface area contributed by atoms with Gasteiger partial charge >= 0.3 is 0 Å². The maximum absolute atomic E-state index is 11.5. The standard InChI is InChI=1S/C13H18N2O5/c1-2-4-11(16)8-14-13(17)9-20-12-6-3-5-10(7-12)15(18)19/h3,5-7,11,16H,2,4,8-9H2,1H3,(H,14,17). The van der Waals surface area contributed by atoms with Gasteiger partial charge in [0, 0.05) is 12.6 Å². The van der Waals surface area contributed by atoms with Gasteiger partial charge in [-0.3, -0.25) is 14.9 Å². The molecule has 0 saturated heterocycles. The monoisotopic (exact) mass is 282 g/mol. The van der Waals surface area contributed by atoms with Crippen molar-refractivity contribution >= 4 is 11.6 Å². The van der Waals surface area contributed by atoms with Crippen molar-refractivity contribution in [1.82, 2.24) is 5.32 Å². The van der Waals surface area contributed by atoms with Crippen LogP contribution < -0.4 is 10.1 Å². The van der Waals surface area contributed by atoms with Crippen LogP contribution in [-0.4, -0.2) is 35.2 Å². The van der Waals surface area contributed by atoms with E-state index in [2.05, 4.69) is 5.32 Å². The van der Waals surface area contributed by atoms with Gasteiger partial charge in [0.15, 0.2) is 6.61 Å². The number of benzene rings is 1. The van der Waals surface area contributed by atoms with E-state index in [1.165, 1.54) is 24.3 Å². The minimum atomic E-state index is -0.568. The molecule has 20 heavy (non-hydrogen) atoms. The normalized spacial score (nSPS) is 11.7. The zero-order valence-electron chi connectivity index (χ0n) is 11.2. The van der Waals surface area contributed by atoms with Crippen molar-refractivity contribution in [2.45, 2.75) is 25.9 Å². The molecule has 0 aliphatic carbocycles. The summed E-state index contributed by atoms with van der Waals surface area (Å²) in [7, 11) is 0. The Morgan fingerprint density at radius 1 is 1.55 bits per heavy atom. The molecule has 0 aliphatic rings. The van der Waals surface area contributed by atoms with E-state index in [1.807, 2.05) is 6.92 Å². The lowest BCUT2D eigenvalue weighted by Gasteiger charge is -2.11. The Morgan fingerprint density at radius 2 is 2.30 bits per heavy atom. The molecule has 2 N–H and O–H groups in total. The van der Waals surface area contributed by atoms with Crippen LogP contribution in [0.4, 0.5) is 5.69 Å². The highest BCUT2D eigenvalue weighted by atomic mass is 16.6. The Morgan fingerprint density at radius 3 is 2.95 bits per heavy atom. The average molecular weight is 282 g/mol. The van der Waals surface area contributed by atoms with E-state index >= 15 is 0 Å². The second kappa shape index (κ2) is 8.11. The molecule has 1 aromatic rings. The molecule has 1 amide bonds. The van der Waals surface area contributed by atoms with Gasteiger partial charge in [-0.15, -0.1) is 0 Å². The third-order valence-electron chi connectivity index (χ3n) is 2.56. The molecule has 110 valence electrons. The zero-order chi connectivity index (χ0) is 15.0. The number of amides is 1. The van der Waals surface area contributed by atoms with E-state index in [9.17, 15) is 20.0 Å². The first kappa shape index (κ1) is 15.9. The van der Waals surface area contributed by atoms with Crippen LogP contribution in [0.1, 0.15) is 19.8 Å². The minimum absolute atomic E-state index is 0.0960. The molecular formula is C13H18N2O5. The van der Waals surface area contributed by atoms with Crippen LogP contribution in [0.25, 0.3) is 0 Å². The van der Waals surface area contributed by atoms with E-state index in [1.54, 1.807) is 0 Å². The van der Waals surface area contributed by atoms with Crippen molar-refractivity contribution in [3.8, 4) is 5.75 Å². The summed E-state index contributed by atoms with van der Waals surface area (Å²) in [5, 5.41) is 22.6. The van der Waals surface area contributed by atoms with Crippen molar-refractivity contribution in [3.63, 3.8) is 0 Å². The van der Waals surface area contributed by atoms with Crippen LogP contribution >= 0.6 is 0 Å². The smallest absolute Gasteiger partial charge is 0.273 e. The van der Waals surface area contributed by atoms with Crippen LogP contribution in [0.3, 0.4) is 0 Å². The summed E-state index contributed by atoms with van der Waals surface area (Å²) in [5.74, 6) is -0.130. The summed E-state index contributed by atoms with van der Waals surface area (Å²) < 4.78 is 5.15. The van der Waals surface area contributed by atoms with Crippen molar-refractivity contribution in [2.75, 3.05) is 13.2 Å². The van der Waals surface area contributed by atoms with E-state index in [-0.39, 0.29) is 30.5 Å². The molecule has 0 radical (unpaired) electrons. The van der Waals surface area contributed by atoms with Crippen molar-refractivity contribution in [3.05, 3.63) is 34.4 Å². The highest BCUT2D eigenvalue weighted by Gasteiger charge is 2.09. The van der Waals surface area contributed by atoms with Crippen LogP contribution in [-0.2, 0) is 4.79 Å². The first-order chi connectivity index (χ1) is 9.52. The predicted octanol–water partition coefficient (Wildman–Crippen LogP) is 1.25. The number of carbonyl (C=O) groups is 1. The number of rotatable bonds is 8. The SMILES string of the molecule is CCCC(O)CNC(=O)COc1cccc([N+](=O)[O-])c1. The maximum atomic E-state index is 11.5. The summed E-state index contributed by atoms with van der Waals surface area (Å²) in [4.78, 5) is 21.5. The van der Waals surface area contributed by atoms with E-state index in [0.29, 0.717) is 6.42 Å². The second-order valence-corrected chi connectivity index (χ2v) is 4.29. The molecule has 0 fully saturated rings. The maximum Gasteiger partial charge on any atom is 0.273 e. The highest BCUT2D eigenvalue weighted by molar-refractivity contribution is 5.77. The quantitative estimate of drug-likeness (QED) is 0.552. The molecule has 1 rings (SSSR count). The molecular weight excluding hydrogens is 264 g/mol. The largest absolute Gasteiger partial charge is 0.484 e. The Bertz CT molecular complexity index is 464. The molecule has 7 nitrogen and oxygen atoms in total. The molecule has 1 aromatic carbocycles. The second-order valence-electron chi connectivity index (χ2n) is 4.29. The van der Waals surface area contributed by atoms with Gasteiger partial charge in [0.1, 0.15) is 5.75 Å². The lowest BCUT2D eigenvalue weighted by atomic mass is 10.2. The van der Waals surface area contributed by atoms with Crippen LogP contribution in [0.5, 0.6) is 5.75 Å². The molecule has 0 aromatic heterocycles. The number of nitro groups is 1. The lowest BCUT2D eigenvalue weighted by molar-refractivity contribution is -0.384. The number of aliphatic hydroxyl groups is 1. The first-order valence-corrected chi connectivity index (χ1v) is 6.35. The number of hydrogen-bond acceptors (Lipinski definition) is 5. The van der Waals surface area contributed by atoms with Gasteiger partial charge in [-0.1, -0.05) is 19.4 Å². The topological polar surface area (TPSA) is 102 Å². The number of carbonyl (C=O) groups excluding carboxylic acids is 1. The number of aliphatic hydroxyl groups excluding tert-OH is 1. The molecule has 1 unspecified atom stereocenters. The number of nitrogens with zero attached hydrogens (tertiary/aromatic N) is 1. The number of nitrogens with one attached hydrogen (secondary N) is 1. The third-order valence-corrected chi connectivity index (χ3v) is 2.56. The molecule has 0 aliphatic heterocycles. The van der Waals surface area contributed by atoms with Gasteiger partial charge in [-0.05, 0) is 12.5 Å². The van der Waals surface area contributed by atoms with Gasteiger partial charge in [0.25, 0.3) is 11.6 Å². The van der Waals surface area contributed by atoms with E-state index < -0.39 is 11.0 Å². The van der Waals surface area contributed by atoms with Crippen LogP contribution in [0.15, 0.2) is 24.3 Å². The molecule has 0 saturated carbocycles. The number of ether oxygens (including phenoxy) is 1. The summed E-state index contributed by atoms with van der Waals surface area (Å²) in [6.07, 6.45) is 0.884. The van der Waals surface area contributed by atoms with Gasteiger partial charge in [0.2, 0.25) is 0 Å². The Hall–Kier alpha value is -2.15. The lowest BCUT2D eigenvalue weighted by Crippen LogP contribution is -2.35. The Balaban J connectivity index is 2.37. The van der Waals surface area contributed by atoms with Crippen molar-refractivity contribution in [1.29, 1.82) is 0 Å². The van der Waals surface area contributed by atoms with E-state index in [4.69, 9.17) is 4.74 Å². The fourth-order valence-electron chi connectivity index (χ4n) is 1.55. The van der Waals surface area contributed by atoms with Crippen LogP contribution in [0.2, 0.25) is 0 Å². The van der Waals surface area contributed by atoms with Gasteiger partial charge in [0.05, 0.1) is 17.1 Å². The van der Waals surface area contributed by atoms with Gasteiger partial charge in [-0.2, -0.15) is 0 Å². The molecule has 0 heterocycles. The van der Waals surface area contributed by atoms with Gasteiger partial charge in [-0.25, -0.2) is 0 Å². The molecule has 0 bridgehead atoms. The zero-order valence-corrected chi connectivity index (χ0v) is 11.2. The fourth-order valence-corrected chi connectivity index (χ4v) is 1.55. The first-order valence-electron chi connectivity index (χ1n) is 6.35. The van der Waals surface area contributed by atoms with Gasteiger partial charge < -0.3 is 15.2 Å². The molecule has 1 atom stereocenters. The summed E-state index contributed by atoms with van der Waals surface area (Å²) in [5.41, 5.74) is -0.0960. The minimum Gasteiger partial charge on any atom is -0.484 e. The predicted molar refractivity (Wildman–Crippen MR) is 72.5 cm³/mol. The number of non-ortho nitro benzene ring substituents is 1. The van der Waals surface area contributed by atoms with Crippen molar-refractivity contribution in [2.24, 2.45) is 0 Å². The third kappa shape index (κ3) is 5.66. The fraction of sp³-hybridized carbons (Fsp3) is 0.462. The molecule has 0 spiro atoms. The van der Waals surface area contributed by atoms with E-state index in [0.717, 1.165) is 6.42 Å². The van der Waals surface area contributed by atoms with Crippen LogP contribution in [0, 0.1) is 10.1 Å². The highest BCUT2D eigenvalue weighted by Crippen LogP contribution is 2.18. The summed E-state index contributed by atoms with van der Waals surface area (Å²) >= 11 is 0. The number of nitro benzene ring substituents is 1. The Labute approximate surface area is 116 Å². The summed E-state index contributed by atoms with van der Waals surface area (Å²) in [6, 6.07) is 5.61. The van der Waals surface area contributed by atoms with Crippen molar-refractivity contribution < 1.29 is 19.6 Å².